The number of nitrogens with one attached hydrogen (secondary N) is 1. The lowest BCUT2D eigenvalue weighted by Crippen LogP contribution is -2.34. The van der Waals surface area contributed by atoms with E-state index in [-0.39, 0.29) is 24.7 Å². The maximum Gasteiger partial charge on any atom is 0.326 e. The first-order valence-corrected chi connectivity index (χ1v) is 5.99. The highest BCUT2D eigenvalue weighted by molar-refractivity contribution is 5.86. The van der Waals surface area contributed by atoms with Gasteiger partial charge in [-0.05, 0) is 19.4 Å². The second kappa shape index (κ2) is 7.31. The number of hydrogen-bond donors (Lipinski definition) is 1. The van der Waals surface area contributed by atoms with Crippen molar-refractivity contribution in [3.8, 4) is 0 Å². The highest BCUT2D eigenvalue weighted by atomic mass is 16.5. The predicted molar refractivity (Wildman–Crippen MR) is 69.4 cm³/mol. The Hall–Kier alpha value is -2.17. The van der Waals surface area contributed by atoms with Crippen LogP contribution in [0.4, 0.5) is 0 Å². The van der Waals surface area contributed by atoms with Gasteiger partial charge in [-0.1, -0.05) is 30.3 Å². The number of amides is 1. The quantitative estimate of drug-likeness (QED) is 0.773. The molecule has 5 heteroatoms. The second-order valence-electron chi connectivity index (χ2n) is 4.18. The van der Waals surface area contributed by atoms with Crippen molar-refractivity contribution in [1.82, 2.24) is 5.32 Å². The van der Waals surface area contributed by atoms with E-state index in [1.54, 1.807) is 0 Å². The first-order valence-electron chi connectivity index (χ1n) is 5.99. The molecule has 0 saturated heterocycles. The molecule has 0 radical (unpaired) electrons. The molecule has 1 amide bonds. The van der Waals surface area contributed by atoms with Gasteiger partial charge in [0.15, 0.2) is 11.9 Å². The van der Waals surface area contributed by atoms with Crippen molar-refractivity contribution in [1.29, 1.82) is 0 Å². The van der Waals surface area contributed by atoms with Crippen LogP contribution in [0.25, 0.3) is 0 Å². The summed E-state index contributed by atoms with van der Waals surface area (Å²) in [6.07, 6.45) is -0.574. The van der Waals surface area contributed by atoms with Gasteiger partial charge in [-0.25, -0.2) is 0 Å². The van der Waals surface area contributed by atoms with E-state index >= 15 is 0 Å². The van der Waals surface area contributed by atoms with Gasteiger partial charge in [0.25, 0.3) is 0 Å². The molecule has 1 N–H and O–H groups in total. The summed E-state index contributed by atoms with van der Waals surface area (Å²) in [5.74, 6) is -1.12. The number of carbonyl (C=O) groups excluding carboxylic acids is 3. The summed E-state index contributed by atoms with van der Waals surface area (Å²) in [4.78, 5) is 33.8. The van der Waals surface area contributed by atoms with Crippen molar-refractivity contribution < 1.29 is 19.1 Å². The Morgan fingerprint density at radius 2 is 1.84 bits per heavy atom. The maximum atomic E-state index is 11.6. The average molecular weight is 263 g/mol. The Morgan fingerprint density at radius 1 is 1.21 bits per heavy atom. The number of benzene rings is 1. The Balaban J connectivity index is 2.30. The minimum atomic E-state index is -0.779. The molecule has 1 unspecified atom stereocenters. The minimum absolute atomic E-state index is 0.205. The molecule has 1 aromatic rings. The van der Waals surface area contributed by atoms with Crippen LogP contribution in [-0.4, -0.2) is 30.3 Å². The summed E-state index contributed by atoms with van der Waals surface area (Å²) in [6, 6.07) is 9.20. The van der Waals surface area contributed by atoms with Gasteiger partial charge in [0, 0.05) is 0 Å². The van der Waals surface area contributed by atoms with Crippen LogP contribution in [0.15, 0.2) is 30.3 Å². The molecule has 1 aromatic carbocycles. The third-order valence-electron chi connectivity index (χ3n) is 2.52. The number of ether oxygens (including phenoxy) is 1. The summed E-state index contributed by atoms with van der Waals surface area (Å²) in [5, 5.41) is 2.45. The van der Waals surface area contributed by atoms with Crippen LogP contribution in [0.1, 0.15) is 19.4 Å². The van der Waals surface area contributed by atoms with E-state index in [0.29, 0.717) is 0 Å². The van der Waals surface area contributed by atoms with Crippen molar-refractivity contribution in [3.05, 3.63) is 35.9 Å². The van der Waals surface area contributed by atoms with Gasteiger partial charge in [0.1, 0.15) is 6.54 Å². The van der Waals surface area contributed by atoms with Crippen LogP contribution >= 0.6 is 0 Å². The maximum absolute atomic E-state index is 11.6. The molecule has 0 saturated carbocycles. The number of carbonyl (C=O) groups is 3. The van der Waals surface area contributed by atoms with E-state index in [2.05, 4.69) is 5.32 Å². The molecule has 102 valence electrons. The summed E-state index contributed by atoms with van der Waals surface area (Å²) >= 11 is 0. The third-order valence-corrected chi connectivity index (χ3v) is 2.52. The van der Waals surface area contributed by atoms with E-state index in [9.17, 15) is 14.4 Å². The van der Waals surface area contributed by atoms with Crippen molar-refractivity contribution in [2.75, 3.05) is 6.54 Å². The van der Waals surface area contributed by atoms with Crippen LogP contribution in [0.2, 0.25) is 0 Å². The molecule has 0 aliphatic carbocycles. The van der Waals surface area contributed by atoms with E-state index < -0.39 is 12.1 Å². The van der Waals surface area contributed by atoms with Crippen LogP contribution in [0.3, 0.4) is 0 Å². The molecular weight excluding hydrogens is 246 g/mol. The molecule has 5 nitrogen and oxygen atoms in total. The number of rotatable bonds is 6. The first-order chi connectivity index (χ1) is 8.99. The molecule has 1 atom stereocenters. The Bertz CT molecular complexity index is 456. The molecule has 0 aliphatic heterocycles. The van der Waals surface area contributed by atoms with Crippen LogP contribution in [-0.2, 0) is 25.5 Å². The van der Waals surface area contributed by atoms with Gasteiger partial charge in [-0.3, -0.25) is 14.4 Å². The van der Waals surface area contributed by atoms with Crippen molar-refractivity contribution in [3.63, 3.8) is 0 Å². The van der Waals surface area contributed by atoms with Crippen LogP contribution in [0, 0.1) is 0 Å². The number of ketones is 1. The van der Waals surface area contributed by atoms with Gasteiger partial charge in [-0.15, -0.1) is 0 Å². The summed E-state index contributed by atoms with van der Waals surface area (Å²) in [7, 11) is 0. The molecular formula is C14H17NO4. The molecule has 0 heterocycles. The van der Waals surface area contributed by atoms with E-state index in [0.717, 1.165) is 5.56 Å². The lowest BCUT2D eigenvalue weighted by molar-refractivity contribution is -0.153. The molecule has 0 aliphatic rings. The van der Waals surface area contributed by atoms with E-state index in [1.165, 1.54) is 13.8 Å². The van der Waals surface area contributed by atoms with Gasteiger partial charge in [0.05, 0.1) is 6.42 Å². The van der Waals surface area contributed by atoms with Gasteiger partial charge < -0.3 is 10.1 Å². The number of Topliss-reactive ketones (excluding diaryl/α,β-unsaturated/α-hetero) is 1. The Kier molecular flexibility index (Phi) is 5.73. The molecule has 0 bridgehead atoms. The number of hydrogen-bond acceptors (Lipinski definition) is 4. The molecule has 1 rings (SSSR count). The van der Waals surface area contributed by atoms with Gasteiger partial charge in [0.2, 0.25) is 5.91 Å². The second-order valence-corrected chi connectivity index (χ2v) is 4.18. The zero-order valence-corrected chi connectivity index (χ0v) is 11.0. The smallest absolute Gasteiger partial charge is 0.326 e. The summed E-state index contributed by atoms with van der Waals surface area (Å²) in [5.41, 5.74) is 0.866. The SMILES string of the molecule is CC(=O)C(C)OC(=O)CNC(=O)Cc1ccccc1. The van der Waals surface area contributed by atoms with Crippen molar-refractivity contribution in [2.24, 2.45) is 0 Å². The standard InChI is InChI=1S/C14H17NO4/c1-10(16)11(2)19-14(18)9-15-13(17)8-12-6-4-3-5-7-12/h3-7,11H,8-9H2,1-2H3,(H,15,17). The fraction of sp³-hybridized carbons (Fsp3) is 0.357. The average Bonchev–Trinajstić information content (AvgIpc) is 2.37. The largest absolute Gasteiger partial charge is 0.453 e. The van der Waals surface area contributed by atoms with Crippen molar-refractivity contribution in [2.45, 2.75) is 26.4 Å². The fourth-order valence-electron chi connectivity index (χ4n) is 1.34. The van der Waals surface area contributed by atoms with Crippen LogP contribution in [0.5, 0.6) is 0 Å². The fourth-order valence-corrected chi connectivity index (χ4v) is 1.34. The lowest BCUT2D eigenvalue weighted by Gasteiger charge is -2.10. The van der Waals surface area contributed by atoms with E-state index in [4.69, 9.17) is 4.74 Å². The lowest BCUT2D eigenvalue weighted by atomic mass is 10.1. The Morgan fingerprint density at radius 3 is 2.42 bits per heavy atom. The van der Waals surface area contributed by atoms with Gasteiger partial charge >= 0.3 is 5.97 Å². The topological polar surface area (TPSA) is 72.5 Å². The normalized spacial score (nSPS) is 11.5. The van der Waals surface area contributed by atoms with Crippen molar-refractivity contribution >= 4 is 17.7 Å². The number of esters is 1. The van der Waals surface area contributed by atoms with E-state index in [1.807, 2.05) is 30.3 Å². The van der Waals surface area contributed by atoms with Crippen LogP contribution < -0.4 is 5.32 Å². The summed E-state index contributed by atoms with van der Waals surface area (Å²) in [6.45, 7) is 2.60. The predicted octanol–water partition coefficient (Wildman–Crippen LogP) is 0.866. The molecule has 0 aromatic heterocycles. The zero-order chi connectivity index (χ0) is 14.3. The first kappa shape index (κ1) is 14.9. The Labute approximate surface area is 111 Å². The minimum Gasteiger partial charge on any atom is -0.453 e. The highest BCUT2D eigenvalue weighted by Gasteiger charge is 2.14. The third kappa shape index (κ3) is 5.81. The molecule has 0 fully saturated rings. The highest BCUT2D eigenvalue weighted by Crippen LogP contribution is 1.99. The van der Waals surface area contributed by atoms with Gasteiger partial charge in [-0.2, -0.15) is 0 Å². The molecule has 0 spiro atoms. The monoisotopic (exact) mass is 263 g/mol. The zero-order valence-electron chi connectivity index (χ0n) is 11.0. The summed E-state index contributed by atoms with van der Waals surface area (Å²) < 4.78 is 4.81. The molecule has 19 heavy (non-hydrogen) atoms.